The number of aliphatic hydroxyl groups excluding tert-OH is 1. The fourth-order valence-electron chi connectivity index (χ4n) is 2.06. The Morgan fingerprint density at radius 2 is 1.32 bits per heavy atom. The molecule has 0 saturated carbocycles. The van der Waals surface area contributed by atoms with Crippen LogP contribution in [0.3, 0.4) is 0 Å². The third kappa shape index (κ3) is 3.36. The van der Waals surface area contributed by atoms with Gasteiger partial charge in [0.05, 0.1) is 5.56 Å². The van der Waals surface area contributed by atoms with E-state index < -0.39 is 50.9 Å². The van der Waals surface area contributed by atoms with Gasteiger partial charge < -0.3 is 5.11 Å². The number of hydrogen-bond acceptors (Lipinski definition) is 2. The lowest BCUT2D eigenvalue weighted by Gasteiger charge is -2.25. The van der Waals surface area contributed by atoms with Crippen LogP contribution in [0.15, 0.2) is 24.3 Å². The number of Topliss-reactive ketones (excluding diaryl/α,β-unsaturated/α-hetero) is 1. The van der Waals surface area contributed by atoms with Crippen LogP contribution in [0.4, 0.5) is 22.0 Å². The van der Waals surface area contributed by atoms with Crippen LogP contribution in [0.1, 0.15) is 27.6 Å². The van der Waals surface area contributed by atoms with Crippen LogP contribution in [0.5, 0.6) is 0 Å². The summed E-state index contributed by atoms with van der Waals surface area (Å²) in [4.78, 5) is 12.3. The Labute approximate surface area is 148 Å². The minimum Gasteiger partial charge on any atom is -0.385 e. The van der Waals surface area contributed by atoms with E-state index in [1.807, 2.05) is 0 Å². The molecule has 0 bridgehead atoms. The first kappa shape index (κ1) is 19.6. The van der Waals surface area contributed by atoms with Crippen LogP contribution in [0.2, 0.25) is 0 Å². The highest BCUT2D eigenvalue weighted by atomic mass is 35.5. The van der Waals surface area contributed by atoms with Gasteiger partial charge in [-0.25, -0.2) is 22.0 Å². The molecule has 0 unspecified atom stereocenters. The number of hydrogen-bond donors (Lipinski definition) is 1. The van der Waals surface area contributed by atoms with Crippen LogP contribution in [-0.4, -0.2) is 15.2 Å². The average Bonchev–Trinajstić information content (AvgIpc) is 2.58. The second-order valence-electron chi connectivity index (χ2n) is 5.20. The number of aryl methyl sites for hydroxylation is 1. The Bertz CT molecular complexity index is 808. The van der Waals surface area contributed by atoms with E-state index >= 15 is 0 Å². The first-order valence-corrected chi connectivity index (χ1v) is 7.44. The van der Waals surface area contributed by atoms with Crippen molar-refractivity contribution in [2.75, 3.05) is 0 Å². The number of carbonyl (C=O) groups is 1. The molecule has 0 fully saturated rings. The molecule has 0 aliphatic carbocycles. The zero-order valence-corrected chi connectivity index (χ0v) is 13.9. The van der Waals surface area contributed by atoms with Crippen molar-refractivity contribution in [2.45, 2.75) is 17.4 Å². The maximum atomic E-state index is 13.8. The second kappa shape index (κ2) is 6.90. The van der Waals surface area contributed by atoms with Crippen LogP contribution in [0, 0.1) is 36.0 Å². The van der Waals surface area contributed by atoms with Gasteiger partial charge in [0, 0.05) is 5.56 Å². The number of carbonyl (C=O) groups excluding carboxylic acids is 1. The van der Waals surface area contributed by atoms with Crippen molar-refractivity contribution in [3.8, 4) is 0 Å². The normalized spacial score (nSPS) is 13.0. The standard InChI is InChI=1S/C16H9Cl2F5O2/c1-6-2-4-7(5-3-6)14(24)16(17,18)15(25)8-9(19)11(21)13(23)12(22)10(8)20/h2-5,15,25H,1H3/t15-/m1/s1. The van der Waals surface area contributed by atoms with E-state index in [1.165, 1.54) is 24.3 Å². The molecule has 0 spiro atoms. The molecule has 134 valence electrons. The number of rotatable bonds is 4. The van der Waals surface area contributed by atoms with Gasteiger partial charge in [0.25, 0.3) is 0 Å². The highest BCUT2D eigenvalue weighted by Crippen LogP contribution is 2.42. The van der Waals surface area contributed by atoms with Gasteiger partial charge in [-0.15, -0.1) is 0 Å². The van der Waals surface area contributed by atoms with Gasteiger partial charge in [0.15, 0.2) is 23.3 Å². The Hall–Kier alpha value is -1.70. The van der Waals surface area contributed by atoms with E-state index in [9.17, 15) is 31.9 Å². The summed E-state index contributed by atoms with van der Waals surface area (Å²) in [5, 5.41) is 10.0. The minimum absolute atomic E-state index is 0.126. The largest absolute Gasteiger partial charge is 0.385 e. The average molecular weight is 399 g/mol. The monoisotopic (exact) mass is 398 g/mol. The topological polar surface area (TPSA) is 37.3 Å². The summed E-state index contributed by atoms with van der Waals surface area (Å²) in [6.45, 7) is 1.71. The molecule has 25 heavy (non-hydrogen) atoms. The van der Waals surface area contributed by atoms with Gasteiger partial charge in [-0.1, -0.05) is 53.0 Å². The maximum Gasteiger partial charge on any atom is 0.210 e. The van der Waals surface area contributed by atoms with E-state index in [0.717, 1.165) is 5.56 Å². The minimum atomic E-state index is -2.90. The van der Waals surface area contributed by atoms with Crippen molar-refractivity contribution in [3.63, 3.8) is 0 Å². The molecule has 0 aromatic heterocycles. The molecular weight excluding hydrogens is 390 g/mol. The van der Waals surface area contributed by atoms with Crippen molar-refractivity contribution < 1.29 is 31.9 Å². The summed E-state index contributed by atoms with van der Waals surface area (Å²) in [6.07, 6.45) is -2.71. The van der Waals surface area contributed by atoms with Gasteiger partial charge in [-0.3, -0.25) is 4.79 Å². The second-order valence-corrected chi connectivity index (χ2v) is 6.59. The Balaban J connectivity index is 2.54. The number of halogens is 7. The van der Waals surface area contributed by atoms with Crippen LogP contribution < -0.4 is 0 Å². The highest BCUT2D eigenvalue weighted by molar-refractivity contribution is 6.60. The van der Waals surface area contributed by atoms with Crippen molar-refractivity contribution in [1.29, 1.82) is 0 Å². The summed E-state index contributed by atoms with van der Waals surface area (Å²) in [7, 11) is 0. The van der Waals surface area contributed by atoms with Crippen LogP contribution in [-0.2, 0) is 0 Å². The molecule has 2 aromatic carbocycles. The van der Waals surface area contributed by atoms with Gasteiger partial charge in [-0.05, 0) is 6.92 Å². The van der Waals surface area contributed by atoms with Crippen LogP contribution in [0.25, 0.3) is 0 Å². The lowest BCUT2D eigenvalue weighted by atomic mass is 9.97. The summed E-state index contributed by atoms with van der Waals surface area (Å²) in [5.41, 5.74) is -1.05. The van der Waals surface area contributed by atoms with Crippen molar-refractivity contribution in [2.24, 2.45) is 0 Å². The molecule has 1 N–H and O–H groups in total. The molecule has 2 nitrogen and oxygen atoms in total. The molecular formula is C16H9Cl2F5O2. The number of alkyl halides is 2. The molecule has 2 rings (SSSR count). The number of ketones is 1. The van der Waals surface area contributed by atoms with Gasteiger partial charge in [0.2, 0.25) is 15.9 Å². The number of aliphatic hydroxyl groups is 1. The fraction of sp³-hybridized carbons (Fsp3) is 0.188. The molecule has 0 aliphatic heterocycles. The van der Waals surface area contributed by atoms with Crippen molar-refractivity contribution in [3.05, 3.63) is 70.0 Å². The van der Waals surface area contributed by atoms with E-state index in [4.69, 9.17) is 23.2 Å². The predicted molar refractivity (Wildman–Crippen MR) is 81.1 cm³/mol. The van der Waals surface area contributed by atoms with Gasteiger partial charge >= 0.3 is 0 Å². The molecule has 0 heterocycles. The van der Waals surface area contributed by atoms with Crippen molar-refractivity contribution in [1.82, 2.24) is 0 Å². The Kier molecular flexibility index (Phi) is 5.41. The van der Waals surface area contributed by atoms with Crippen LogP contribution >= 0.6 is 23.2 Å². The maximum absolute atomic E-state index is 13.8. The molecule has 0 aliphatic rings. The summed E-state index contributed by atoms with van der Waals surface area (Å²) in [6, 6.07) is 5.56. The van der Waals surface area contributed by atoms with E-state index in [2.05, 4.69) is 0 Å². The molecule has 0 saturated heterocycles. The summed E-state index contributed by atoms with van der Waals surface area (Å²) in [5.74, 6) is -12.8. The Morgan fingerprint density at radius 1 is 0.920 bits per heavy atom. The van der Waals surface area contributed by atoms with E-state index in [0.29, 0.717) is 0 Å². The van der Waals surface area contributed by atoms with Gasteiger partial charge in [0.1, 0.15) is 6.10 Å². The highest BCUT2D eigenvalue weighted by Gasteiger charge is 2.46. The SMILES string of the molecule is Cc1ccc(C(=O)C(Cl)(Cl)[C@H](O)c2c(F)c(F)c(F)c(F)c2F)cc1. The van der Waals surface area contributed by atoms with E-state index in [1.54, 1.807) is 6.92 Å². The lowest BCUT2D eigenvalue weighted by Crippen LogP contribution is -2.35. The molecule has 2 aromatic rings. The Morgan fingerprint density at radius 3 is 1.76 bits per heavy atom. The van der Waals surface area contributed by atoms with Crippen molar-refractivity contribution >= 4 is 29.0 Å². The zero-order chi connectivity index (χ0) is 19.1. The third-order valence-electron chi connectivity index (χ3n) is 3.48. The molecule has 1 atom stereocenters. The fourth-order valence-corrected chi connectivity index (χ4v) is 2.50. The quantitative estimate of drug-likeness (QED) is 0.264. The molecule has 0 radical (unpaired) electrons. The smallest absolute Gasteiger partial charge is 0.210 e. The summed E-state index contributed by atoms with van der Waals surface area (Å²) < 4.78 is 64.3. The zero-order valence-electron chi connectivity index (χ0n) is 12.4. The first-order valence-electron chi connectivity index (χ1n) is 6.68. The first-order chi connectivity index (χ1) is 11.5. The van der Waals surface area contributed by atoms with E-state index in [-0.39, 0.29) is 5.56 Å². The lowest BCUT2D eigenvalue weighted by molar-refractivity contribution is 0.0834. The third-order valence-corrected chi connectivity index (χ3v) is 4.23. The number of benzene rings is 2. The molecule has 0 amide bonds. The van der Waals surface area contributed by atoms with Gasteiger partial charge in [-0.2, -0.15) is 0 Å². The summed E-state index contributed by atoms with van der Waals surface area (Å²) >= 11 is 11.5. The predicted octanol–water partition coefficient (Wildman–Crippen LogP) is 4.78. The molecule has 9 heteroatoms.